The molecule has 0 atom stereocenters. The van der Waals surface area contributed by atoms with Gasteiger partial charge in [-0.05, 0) is 35.9 Å². The van der Waals surface area contributed by atoms with Crippen molar-refractivity contribution >= 4 is 11.6 Å². The first-order valence-electron chi connectivity index (χ1n) is 4.65. The molecule has 1 heterocycles. The van der Waals surface area contributed by atoms with Crippen molar-refractivity contribution in [2.45, 2.75) is 13.3 Å². The van der Waals surface area contributed by atoms with E-state index in [0.717, 1.165) is 23.4 Å². The zero-order valence-electron chi connectivity index (χ0n) is 8.20. The maximum absolute atomic E-state index is 9.17. The Labute approximate surface area is 92.3 Å². The second-order valence-corrected chi connectivity index (χ2v) is 3.46. The number of nitrogens with zero attached hydrogens (tertiary/aromatic N) is 1. The zero-order valence-corrected chi connectivity index (χ0v) is 8.95. The third-order valence-corrected chi connectivity index (χ3v) is 2.29. The molecule has 2 aromatic rings. The Morgan fingerprint density at radius 2 is 2.00 bits per heavy atom. The SMILES string of the molecule is CCc1oc(Cl)nc1-c1ccc(O)cc1. The number of benzene rings is 1. The van der Waals surface area contributed by atoms with Gasteiger partial charge in [0.15, 0.2) is 0 Å². The van der Waals surface area contributed by atoms with Crippen molar-refractivity contribution in [1.29, 1.82) is 0 Å². The predicted molar refractivity (Wildman–Crippen MR) is 58.0 cm³/mol. The Bertz CT molecular complexity index is 462. The molecule has 15 heavy (non-hydrogen) atoms. The van der Waals surface area contributed by atoms with Crippen molar-refractivity contribution in [2.75, 3.05) is 0 Å². The first-order chi connectivity index (χ1) is 7.20. The summed E-state index contributed by atoms with van der Waals surface area (Å²) < 4.78 is 5.24. The summed E-state index contributed by atoms with van der Waals surface area (Å²) in [5, 5.41) is 9.31. The summed E-state index contributed by atoms with van der Waals surface area (Å²) in [6.07, 6.45) is 0.732. The molecule has 0 aliphatic rings. The van der Waals surface area contributed by atoms with Crippen LogP contribution in [0, 0.1) is 0 Å². The van der Waals surface area contributed by atoms with Gasteiger partial charge in [-0.2, -0.15) is 4.98 Å². The highest BCUT2D eigenvalue weighted by Crippen LogP contribution is 2.27. The zero-order chi connectivity index (χ0) is 10.8. The molecule has 0 fully saturated rings. The molecule has 1 aromatic carbocycles. The number of halogens is 1. The van der Waals surface area contributed by atoms with Gasteiger partial charge in [0, 0.05) is 12.0 Å². The fourth-order valence-corrected chi connectivity index (χ4v) is 1.59. The minimum atomic E-state index is 0.148. The number of aromatic nitrogens is 1. The second-order valence-electron chi connectivity index (χ2n) is 3.14. The topological polar surface area (TPSA) is 46.3 Å². The Kier molecular flexibility index (Phi) is 2.64. The van der Waals surface area contributed by atoms with Crippen LogP contribution in [0.1, 0.15) is 12.7 Å². The number of aryl methyl sites for hydroxylation is 1. The minimum absolute atomic E-state index is 0.148. The maximum atomic E-state index is 9.17. The van der Waals surface area contributed by atoms with Crippen LogP contribution >= 0.6 is 11.6 Å². The number of hydrogen-bond donors (Lipinski definition) is 1. The smallest absolute Gasteiger partial charge is 0.292 e. The lowest BCUT2D eigenvalue weighted by molar-refractivity contribution is 0.475. The third-order valence-electron chi connectivity index (χ3n) is 2.13. The van der Waals surface area contributed by atoms with E-state index in [1.54, 1.807) is 24.3 Å². The van der Waals surface area contributed by atoms with Crippen LogP contribution in [0.2, 0.25) is 5.35 Å². The third kappa shape index (κ3) is 1.97. The van der Waals surface area contributed by atoms with E-state index in [4.69, 9.17) is 21.1 Å². The molecule has 0 bridgehead atoms. The molecule has 0 saturated heterocycles. The molecule has 78 valence electrons. The van der Waals surface area contributed by atoms with Gasteiger partial charge in [-0.25, -0.2) is 0 Å². The van der Waals surface area contributed by atoms with Crippen LogP contribution in [0.5, 0.6) is 5.75 Å². The van der Waals surface area contributed by atoms with Crippen LogP contribution in [-0.4, -0.2) is 10.1 Å². The Balaban J connectivity index is 2.48. The normalized spacial score (nSPS) is 10.5. The van der Waals surface area contributed by atoms with Gasteiger partial charge in [-0.1, -0.05) is 6.92 Å². The molecule has 1 N–H and O–H groups in total. The number of hydrogen-bond acceptors (Lipinski definition) is 3. The van der Waals surface area contributed by atoms with Crippen LogP contribution in [0.4, 0.5) is 0 Å². The predicted octanol–water partition coefficient (Wildman–Crippen LogP) is 3.26. The van der Waals surface area contributed by atoms with Crippen LogP contribution in [0.25, 0.3) is 11.3 Å². The minimum Gasteiger partial charge on any atom is -0.508 e. The molecule has 3 nitrogen and oxygen atoms in total. The molecule has 0 saturated carbocycles. The monoisotopic (exact) mass is 223 g/mol. The molecule has 0 spiro atoms. The first-order valence-corrected chi connectivity index (χ1v) is 5.03. The van der Waals surface area contributed by atoms with E-state index in [0.29, 0.717) is 0 Å². The Morgan fingerprint density at radius 3 is 2.60 bits per heavy atom. The van der Waals surface area contributed by atoms with Crippen LogP contribution in [0.15, 0.2) is 28.7 Å². The van der Waals surface area contributed by atoms with Crippen molar-refractivity contribution in [3.8, 4) is 17.0 Å². The first kappa shape index (κ1) is 10.1. The summed E-state index contributed by atoms with van der Waals surface area (Å²) in [4.78, 5) is 4.10. The highest BCUT2D eigenvalue weighted by molar-refractivity contribution is 6.27. The van der Waals surface area contributed by atoms with Gasteiger partial charge in [-0.15, -0.1) is 0 Å². The summed E-state index contributed by atoms with van der Waals surface area (Å²) in [5.41, 5.74) is 1.63. The van der Waals surface area contributed by atoms with E-state index in [-0.39, 0.29) is 11.1 Å². The number of rotatable bonds is 2. The molecule has 4 heteroatoms. The van der Waals surface area contributed by atoms with Gasteiger partial charge in [0.05, 0.1) is 0 Å². The summed E-state index contributed by atoms with van der Waals surface area (Å²) >= 11 is 5.70. The lowest BCUT2D eigenvalue weighted by Gasteiger charge is -1.98. The maximum Gasteiger partial charge on any atom is 0.292 e. The van der Waals surface area contributed by atoms with Crippen molar-refractivity contribution in [3.05, 3.63) is 35.4 Å². The second kappa shape index (κ2) is 3.95. The molecule has 0 aliphatic heterocycles. The Hall–Kier alpha value is -1.48. The van der Waals surface area contributed by atoms with Crippen LogP contribution in [0.3, 0.4) is 0 Å². The van der Waals surface area contributed by atoms with Gasteiger partial charge >= 0.3 is 0 Å². The van der Waals surface area contributed by atoms with E-state index < -0.39 is 0 Å². The largest absolute Gasteiger partial charge is 0.508 e. The van der Waals surface area contributed by atoms with Crippen LogP contribution < -0.4 is 0 Å². The lowest BCUT2D eigenvalue weighted by atomic mass is 10.1. The van der Waals surface area contributed by atoms with E-state index in [2.05, 4.69) is 4.98 Å². The quantitative estimate of drug-likeness (QED) is 0.850. The van der Waals surface area contributed by atoms with Gasteiger partial charge in [0.2, 0.25) is 0 Å². The number of oxazole rings is 1. The Morgan fingerprint density at radius 1 is 1.33 bits per heavy atom. The summed E-state index contributed by atoms with van der Waals surface area (Å²) in [5.74, 6) is 0.983. The molecule has 2 rings (SSSR count). The molecule has 1 aromatic heterocycles. The van der Waals surface area contributed by atoms with E-state index >= 15 is 0 Å². The van der Waals surface area contributed by atoms with Gasteiger partial charge in [-0.3, -0.25) is 0 Å². The molecule has 0 radical (unpaired) electrons. The standard InChI is InChI=1S/C11H10ClNO2/c1-2-9-10(13-11(12)15-9)7-3-5-8(14)6-4-7/h3-6,14H,2H2,1H3. The molecular weight excluding hydrogens is 214 g/mol. The van der Waals surface area contributed by atoms with Gasteiger partial charge in [0.1, 0.15) is 17.2 Å². The average Bonchev–Trinajstić information content (AvgIpc) is 2.61. The summed E-state index contributed by atoms with van der Waals surface area (Å²) in [6, 6.07) is 6.78. The molecule has 0 unspecified atom stereocenters. The van der Waals surface area contributed by atoms with Crippen molar-refractivity contribution in [3.63, 3.8) is 0 Å². The van der Waals surface area contributed by atoms with Crippen molar-refractivity contribution in [1.82, 2.24) is 4.98 Å². The molecule has 0 amide bonds. The number of phenolic OH excluding ortho intramolecular Hbond substituents is 1. The highest BCUT2D eigenvalue weighted by Gasteiger charge is 2.11. The average molecular weight is 224 g/mol. The number of aromatic hydroxyl groups is 1. The number of phenols is 1. The van der Waals surface area contributed by atoms with E-state index in [1.165, 1.54) is 0 Å². The molecule has 0 aliphatic carbocycles. The highest BCUT2D eigenvalue weighted by atomic mass is 35.5. The van der Waals surface area contributed by atoms with Gasteiger partial charge in [0.25, 0.3) is 5.35 Å². The van der Waals surface area contributed by atoms with Gasteiger partial charge < -0.3 is 9.52 Å². The lowest BCUT2D eigenvalue weighted by Crippen LogP contribution is -1.83. The van der Waals surface area contributed by atoms with Crippen molar-refractivity contribution in [2.24, 2.45) is 0 Å². The fourth-order valence-electron chi connectivity index (χ4n) is 1.41. The van der Waals surface area contributed by atoms with Crippen molar-refractivity contribution < 1.29 is 9.52 Å². The summed E-state index contributed by atoms with van der Waals surface area (Å²) in [6.45, 7) is 1.97. The van der Waals surface area contributed by atoms with E-state index in [1.807, 2.05) is 6.92 Å². The molecular formula is C11H10ClNO2. The summed E-state index contributed by atoms with van der Waals surface area (Å²) in [7, 11) is 0. The van der Waals surface area contributed by atoms with Crippen LogP contribution in [-0.2, 0) is 6.42 Å². The fraction of sp³-hybridized carbons (Fsp3) is 0.182. The van der Waals surface area contributed by atoms with E-state index in [9.17, 15) is 0 Å².